The third-order valence-corrected chi connectivity index (χ3v) is 4.32. The first-order valence-electron chi connectivity index (χ1n) is 6.35. The Labute approximate surface area is 120 Å². The number of halogens is 1. The van der Waals surface area contributed by atoms with E-state index in [2.05, 4.69) is 33.4 Å². The van der Waals surface area contributed by atoms with Gasteiger partial charge >= 0.3 is 0 Å². The maximum Gasteiger partial charge on any atom is 0.244 e. The highest BCUT2D eigenvalue weighted by Gasteiger charge is 2.29. The molecule has 0 aliphatic carbocycles. The molecule has 1 unspecified atom stereocenters. The molecule has 0 aromatic heterocycles. The second-order valence-electron chi connectivity index (χ2n) is 4.89. The van der Waals surface area contributed by atoms with E-state index >= 15 is 0 Å². The van der Waals surface area contributed by atoms with E-state index in [0.29, 0.717) is 0 Å². The molecule has 19 heavy (non-hydrogen) atoms. The summed E-state index contributed by atoms with van der Waals surface area (Å²) in [4.78, 5) is 13.7. The number of benzene rings is 2. The predicted octanol–water partition coefficient (Wildman–Crippen LogP) is 3.24. The second-order valence-corrected chi connectivity index (χ2v) is 5.74. The smallest absolute Gasteiger partial charge is 0.244 e. The number of likely N-dealkylation sites (N-methyl/N-ethyl adjacent to an activating group) is 1. The highest BCUT2D eigenvalue weighted by atomic mass is 79.9. The van der Waals surface area contributed by atoms with Crippen molar-refractivity contribution in [2.75, 3.05) is 18.9 Å². The standard InChI is InChI=1S/C15H15BrN2O/c1-18-9-8-14(15(18)19)17-13-7-6-12(16)10-4-2-3-5-11(10)13/h2-7,14,17H,8-9H2,1H3. The average molecular weight is 319 g/mol. The van der Waals surface area contributed by atoms with Crippen molar-refractivity contribution in [3.63, 3.8) is 0 Å². The SMILES string of the molecule is CN1CCC(Nc2ccc(Br)c3ccccc23)C1=O. The Morgan fingerprint density at radius 3 is 2.63 bits per heavy atom. The van der Waals surface area contributed by atoms with E-state index < -0.39 is 0 Å². The van der Waals surface area contributed by atoms with Gasteiger partial charge in [0.1, 0.15) is 6.04 Å². The average Bonchev–Trinajstić information content (AvgIpc) is 2.74. The number of likely N-dealkylation sites (tertiary alicyclic amines) is 1. The molecule has 3 rings (SSSR count). The van der Waals surface area contributed by atoms with Gasteiger partial charge in [0.15, 0.2) is 0 Å². The Hall–Kier alpha value is -1.55. The van der Waals surface area contributed by atoms with Crippen molar-refractivity contribution >= 4 is 38.3 Å². The minimum Gasteiger partial charge on any atom is -0.373 e. The molecule has 2 aromatic rings. The Kier molecular flexibility index (Phi) is 3.19. The van der Waals surface area contributed by atoms with Gasteiger partial charge in [0.2, 0.25) is 5.91 Å². The lowest BCUT2D eigenvalue weighted by atomic mass is 10.1. The summed E-state index contributed by atoms with van der Waals surface area (Å²) < 4.78 is 1.07. The zero-order chi connectivity index (χ0) is 13.4. The maximum absolute atomic E-state index is 12.0. The maximum atomic E-state index is 12.0. The van der Waals surface area contributed by atoms with Crippen LogP contribution < -0.4 is 5.32 Å². The van der Waals surface area contributed by atoms with Crippen molar-refractivity contribution in [1.82, 2.24) is 4.90 Å². The monoisotopic (exact) mass is 318 g/mol. The zero-order valence-corrected chi connectivity index (χ0v) is 12.3. The van der Waals surface area contributed by atoms with Crippen molar-refractivity contribution in [2.24, 2.45) is 0 Å². The fraction of sp³-hybridized carbons (Fsp3) is 0.267. The lowest BCUT2D eigenvalue weighted by Crippen LogP contribution is -2.30. The molecular formula is C15H15BrN2O. The molecule has 1 N–H and O–H groups in total. The summed E-state index contributed by atoms with van der Waals surface area (Å²) >= 11 is 3.56. The van der Waals surface area contributed by atoms with Crippen LogP contribution in [-0.4, -0.2) is 30.4 Å². The minimum atomic E-state index is -0.102. The molecule has 0 spiro atoms. The number of nitrogens with one attached hydrogen (secondary N) is 1. The first-order valence-corrected chi connectivity index (χ1v) is 7.15. The normalized spacial score (nSPS) is 19.2. The van der Waals surface area contributed by atoms with Gasteiger partial charge in [-0.15, -0.1) is 0 Å². The van der Waals surface area contributed by atoms with E-state index in [4.69, 9.17) is 0 Å². The van der Waals surface area contributed by atoms with E-state index in [9.17, 15) is 4.79 Å². The fourth-order valence-corrected chi connectivity index (χ4v) is 3.01. The molecule has 98 valence electrons. The summed E-state index contributed by atoms with van der Waals surface area (Å²) in [7, 11) is 1.85. The molecule has 1 saturated heterocycles. The molecule has 0 radical (unpaired) electrons. The molecule has 1 aliphatic heterocycles. The van der Waals surface area contributed by atoms with Crippen LogP contribution in [-0.2, 0) is 4.79 Å². The van der Waals surface area contributed by atoms with Gasteiger partial charge in [-0.3, -0.25) is 4.79 Å². The number of hydrogen-bond acceptors (Lipinski definition) is 2. The van der Waals surface area contributed by atoms with Gasteiger partial charge in [-0.2, -0.15) is 0 Å². The van der Waals surface area contributed by atoms with Crippen molar-refractivity contribution in [3.8, 4) is 0 Å². The van der Waals surface area contributed by atoms with Crippen LogP contribution in [0, 0.1) is 0 Å². The van der Waals surface area contributed by atoms with E-state index in [1.165, 1.54) is 0 Å². The van der Waals surface area contributed by atoms with Crippen molar-refractivity contribution in [2.45, 2.75) is 12.5 Å². The van der Waals surface area contributed by atoms with Crippen LogP contribution in [0.2, 0.25) is 0 Å². The molecule has 0 bridgehead atoms. The third-order valence-electron chi connectivity index (χ3n) is 3.63. The highest BCUT2D eigenvalue weighted by Crippen LogP contribution is 2.31. The van der Waals surface area contributed by atoms with Gasteiger partial charge in [-0.25, -0.2) is 0 Å². The Morgan fingerprint density at radius 1 is 1.21 bits per heavy atom. The number of hydrogen-bond donors (Lipinski definition) is 1. The van der Waals surface area contributed by atoms with Crippen LogP contribution in [0.1, 0.15) is 6.42 Å². The molecule has 3 nitrogen and oxygen atoms in total. The largest absolute Gasteiger partial charge is 0.373 e. The van der Waals surface area contributed by atoms with Crippen LogP contribution >= 0.6 is 15.9 Å². The summed E-state index contributed by atoms with van der Waals surface area (Å²) in [5.74, 6) is 0.173. The molecule has 2 aromatic carbocycles. The molecule has 1 atom stereocenters. The summed E-state index contributed by atoms with van der Waals surface area (Å²) in [6, 6.07) is 12.1. The highest BCUT2D eigenvalue weighted by molar-refractivity contribution is 9.10. The third kappa shape index (κ3) is 2.21. The topological polar surface area (TPSA) is 32.3 Å². The number of amides is 1. The molecule has 1 heterocycles. The molecule has 1 aliphatic rings. The minimum absolute atomic E-state index is 0.102. The van der Waals surface area contributed by atoms with E-state index in [-0.39, 0.29) is 11.9 Å². The van der Waals surface area contributed by atoms with Crippen molar-refractivity contribution < 1.29 is 4.79 Å². The number of nitrogens with zero attached hydrogens (tertiary/aromatic N) is 1. The molecule has 4 heteroatoms. The van der Waals surface area contributed by atoms with Gasteiger partial charge in [0, 0.05) is 29.1 Å². The number of anilines is 1. The number of carbonyl (C=O) groups is 1. The van der Waals surface area contributed by atoms with Gasteiger partial charge in [0.05, 0.1) is 0 Å². The lowest BCUT2D eigenvalue weighted by Gasteiger charge is -2.16. The first kappa shape index (κ1) is 12.5. The fourth-order valence-electron chi connectivity index (χ4n) is 2.53. The molecule has 1 fully saturated rings. The van der Waals surface area contributed by atoms with Crippen LogP contribution in [0.5, 0.6) is 0 Å². The van der Waals surface area contributed by atoms with Crippen LogP contribution in [0.25, 0.3) is 10.8 Å². The van der Waals surface area contributed by atoms with Crippen molar-refractivity contribution in [1.29, 1.82) is 0 Å². The summed E-state index contributed by atoms with van der Waals surface area (Å²) in [5, 5.41) is 5.68. The number of fused-ring (bicyclic) bond motifs is 1. The quantitative estimate of drug-likeness (QED) is 0.922. The van der Waals surface area contributed by atoms with Crippen molar-refractivity contribution in [3.05, 3.63) is 40.9 Å². The zero-order valence-electron chi connectivity index (χ0n) is 10.7. The van der Waals surface area contributed by atoms with E-state index in [0.717, 1.165) is 33.9 Å². The summed E-state index contributed by atoms with van der Waals surface area (Å²) in [6.45, 7) is 0.824. The van der Waals surface area contributed by atoms with Gasteiger partial charge in [-0.1, -0.05) is 40.2 Å². The van der Waals surface area contributed by atoms with Gasteiger partial charge in [0.25, 0.3) is 0 Å². The summed E-state index contributed by atoms with van der Waals surface area (Å²) in [6.07, 6.45) is 0.861. The number of rotatable bonds is 2. The molecule has 0 saturated carbocycles. The summed E-state index contributed by atoms with van der Waals surface area (Å²) in [5.41, 5.74) is 1.02. The second kappa shape index (κ2) is 4.85. The number of carbonyl (C=O) groups excluding carboxylic acids is 1. The van der Waals surface area contributed by atoms with Crippen LogP contribution in [0.4, 0.5) is 5.69 Å². The Bertz CT molecular complexity index is 641. The van der Waals surface area contributed by atoms with Gasteiger partial charge in [-0.05, 0) is 23.9 Å². The lowest BCUT2D eigenvalue weighted by molar-refractivity contribution is -0.127. The Morgan fingerprint density at radius 2 is 1.95 bits per heavy atom. The Balaban J connectivity index is 1.98. The van der Waals surface area contributed by atoms with Gasteiger partial charge < -0.3 is 10.2 Å². The predicted molar refractivity (Wildman–Crippen MR) is 81.3 cm³/mol. The first-order chi connectivity index (χ1) is 9.16. The van der Waals surface area contributed by atoms with E-state index in [1.54, 1.807) is 4.90 Å². The molecule has 1 amide bonds. The van der Waals surface area contributed by atoms with E-state index in [1.807, 2.05) is 31.3 Å². The van der Waals surface area contributed by atoms with Crippen LogP contribution in [0.15, 0.2) is 40.9 Å². The van der Waals surface area contributed by atoms with Crippen LogP contribution in [0.3, 0.4) is 0 Å². The molecular weight excluding hydrogens is 304 g/mol.